The molecule has 21 heavy (non-hydrogen) atoms. The third kappa shape index (κ3) is 3.61. The largest absolute Gasteiger partial charge is 0.507 e. The fraction of sp³-hybridized carbons (Fsp3) is 0.250. The summed E-state index contributed by atoms with van der Waals surface area (Å²) < 4.78 is 11.4. The van der Waals surface area contributed by atoms with E-state index in [1.54, 1.807) is 20.3 Å². The van der Waals surface area contributed by atoms with Crippen molar-refractivity contribution in [1.29, 1.82) is 0 Å². The summed E-state index contributed by atoms with van der Waals surface area (Å²) in [6, 6.07) is 10.9. The van der Waals surface area contributed by atoms with Gasteiger partial charge in [0, 0.05) is 16.1 Å². The van der Waals surface area contributed by atoms with Crippen molar-refractivity contribution < 1.29 is 14.6 Å². The van der Waals surface area contributed by atoms with E-state index >= 15 is 0 Å². The summed E-state index contributed by atoms with van der Waals surface area (Å²) in [4.78, 5) is 0. The number of halogens is 1. The van der Waals surface area contributed by atoms with Gasteiger partial charge in [-0.15, -0.1) is 0 Å². The van der Waals surface area contributed by atoms with Gasteiger partial charge in [-0.2, -0.15) is 0 Å². The Bertz CT molecular complexity index is 631. The number of anilines is 1. The van der Waals surface area contributed by atoms with E-state index in [1.165, 1.54) is 0 Å². The Labute approximate surface area is 132 Å². The fourth-order valence-electron chi connectivity index (χ4n) is 2.12. The number of aromatic hydroxyl groups is 1. The van der Waals surface area contributed by atoms with Crippen LogP contribution < -0.4 is 14.8 Å². The standard InChI is InChI=1S/C16H18BrNO3/c1-10(13-6-5-12(20-2)9-15(13)19)18-14-8-11(17)4-7-16(14)21-3/h4-10,18-19H,1-3H3. The van der Waals surface area contributed by atoms with E-state index in [0.717, 1.165) is 21.5 Å². The number of hydrogen-bond donors (Lipinski definition) is 2. The third-order valence-electron chi connectivity index (χ3n) is 3.24. The minimum atomic E-state index is -0.0842. The van der Waals surface area contributed by atoms with Gasteiger partial charge in [0.05, 0.1) is 25.9 Å². The molecule has 0 amide bonds. The summed E-state index contributed by atoms with van der Waals surface area (Å²) in [5.74, 6) is 1.57. The Morgan fingerprint density at radius 2 is 1.86 bits per heavy atom. The average Bonchev–Trinajstić information content (AvgIpc) is 2.47. The van der Waals surface area contributed by atoms with Crippen LogP contribution in [-0.2, 0) is 0 Å². The highest BCUT2D eigenvalue weighted by molar-refractivity contribution is 9.10. The Kier molecular flexibility index (Phi) is 4.96. The Hall–Kier alpha value is -1.88. The zero-order valence-electron chi connectivity index (χ0n) is 12.2. The molecule has 0 aliphatic heterocycles. The zero-order valence-corrected chi connectivity index (χ0v) is 13.8. The molecule has 0 aliphatic carbocycles. The Balaban J connectivity index is 2.25. The van der Waals surface area contributed by atoms with Crippen LogP contribution >= 0.6 is 15.9 Å². The van der Waals surface area contributed by atoms with E-state index in [1.807, 2.05) is 37.3 Å². The van der Waals surface area contributed by atoms with Crippen molar-refractivity contribution >= 4 is 21.6 Å². The predicted octanol–water partition coefficient (Wildman–Crippen LogP) is 4.35. The van der Waals surface area contributed by atoms with E-state index in [9.17, 15) is 5.11 Å². The SMILES string of the molecule is COc1ccc(C(C)Nc2cc(Br)ccc2OC)c(O)c1. The van der Waals surface area contributed by atoms with Crippen LogP contribution in [0.1, 0.15) is 18.5 Å². The number of ether oxygens (including phenoxy) is 2. The maximum atomic E-state index is 10.1. The van der Waals surface area contributed by atoms with Crippen LogP contribution in [0, 0.1) is 0 Å². The summed E-state index contributed by atoms with van der Waals surface area (Å²) in [6.45, 7) is 1.97. The molecular formula is C16H18BrNO3. The van der Waals surface area contributed by atoms with Gasteiger partial charge in [-0.1, -0.05) is 15.9 Å². The van der Waals surface area contributed by atoms with E-state index in [2.05, 4.69) is 21.2 Å². The lowest BCUT2D eigenvalue weighted by atomic mass is 10.1. The molecule has 0 fully saturated rings. The molecule has 0 saturated carbocycles. The molecule has 4 nitrogen and oxygen atoms in total. The molecule has 5 heteroatoms. The van der Waals surface area contributed by atoms with Gasteiger partial charge in [-0.05, 0) is 37.3 Å². The van der Waals surface area contributed by atoms with Crippen molar-refractivity contribution in [2.45, 2.75) is 13.0 Å². The number of rotatable bonds is 5. The lowest BCUT2D eigenvalue weighted by Gasteiger charge is -2.19. The van der Waals surface area contributed by atoms with Gasteiger partial charge in [-0.25, -0.2) is 0 Å². The van der Waals surface area contributed by atoms with Crippen LogP contribution in [0.4, 0.5) is 5.69 Å². The summed E-state index contributed by atoms with van der Waals surface area (Å²) in [7, 11) is 3.20. The monoisotopic (exact) mass is 351 g/mol. The van der Waals surface area contributed by atoms with Crippen molar-refractivity contribution in [3.05, 3.63) is 46.4 Å². The number of nitrogens with one attached hydrogen (secondary N) is 1. The molecule has 0 heterocycles. The Morgan fingerprint density at radius 1 is 1.10 bits per heavy atom. The van der Waals surface area contributed by atoms with Crippen LogP contribution in [0.5, 0.6) is 17.2 Å². The molecule has 1 atom stereocenters. The van der Waals surface area contributed by atoms with Gasteiger partial charge in [0.15, 0.2) is 0 Å². The first-order valence-corrected chi connectivity index (χ1v) is 7.31. The first-order chi connectivity index (χ1) is 10.0. The molecule has 2 aromatic rings. The summed E-state index contributed by atoms with van der Waals surface area (Å²) in [6.07, 6.45) is 0. The maximum Gasteiger partial charge on any atom is 0.142 e. The molecule has 0 saturated heterocycles. The predicted molar refractivity (Wildman–Crippen MR) is 87.4 cm³/mol. The first-order valence-electron chi connectivity index (χ1n) is 6.52. The molecule has 0 aromatic heterocycles. The molecule has 2 N–H and O–H groups in total. The van der Waals surface area contributed by atoms with Gasteiger partial charge >= 0.3 is 0 Å². The molecule has 2 rings (SSSR count). The van der Waals surface area contributed by atoms with Gasteiger partial charge in [0.1, 0.15) is 17.2 Å². The molecule has 1 unspecified atom stereocenters. The summed E-state index contributed by atoms with van der Waals surface area (Å²) in [5, 5.41) is 13.4. The number of phenolic OH excluding ortho intramolecular Hbond substituents is 1. The minimum absolute atomic E-state index is 0.0842. The lowest BCUT2D eigenvalue weighted by molar-refractivity contribution is 0.405. The van der Waals surface area contributed by atoms with Crippen LogP contribution in [0.15, 0.2) is 40.9 Å². The minimum Gasteiger partial charge on any atom is -0.507 e. The smallest absolute Gasteiger partial charge is 0.142 e. The van der Waals surface area contributed by atoms with E-state index in [4.69, 9.17) is 9.47 Å². The topological polar surface area (TPSA) is 50.7 Å². The second kappa shape index (κ2) is 6.72. The third-order valence-corrected chi connectivity index (χ3v) is 3.73. The quantitative estimate of drug-likeness (QED) is 0.840. The summed E-state index contributed by atoms with van der Waals surface area (Å²) >= 11 is 3.44. The first kappa shape index (κ1) is 15.5. The number of hydrogen-bond acceptors (Lipinski definition) is 4. The number of benzene rings is 2. The maximum absolute atomic E-state index is 10.1. The second-order valence-electron chi connectivity index (χ2n) is 4.64. The van der Waals surface area contributed by atoms with Gasteiger partial charge in [0.2, 0.25) is 0 Å². The molecule has 2 aromatic carbocycles. The average molecular weight is 352 g/mol. The van der Waals surface area contributed by atoms with E-state index < -0.39 is 0 Å². The highest BCUT2D eigenvalue weighted by atomic mass is 79.9. The van der Waals surface area contributed by atoms with Crippen molar-refractivity contribution in [3.8, 4) is 17.2 Å². The highest BCUT2D eigenvalue weighted by Gasteiger charge is 2.13. The van der Waals surface area contributed by atoms with Crippen LogP contribution in [0.2, 0.25) is 0 Å². The highest BCUT2D eigenvalue weighted by Crippen LogP contribution is 2.34. The van der Waals surface area contributed by atoms with Gasteiger partial charge in [-0.3, -0.25) is 0 Å². The van der Waals surface area contributed by atoms with Crippen LogP contribution in [-0.4, -0.2) is 19.3 Å². The molecule has 0 radical (unpaired) electrons. The zero-order chi connectivity index (χ0) is 15.4. The van der Waals surface area contributed by atoms with E-state index in [0.29, 0.717) is 5.75 Å². The molecule has 0 aliphatic rings. The van der Waals surface area contributed by atoms with Crippen molar-refractivity contribution in [1.82, 2.24) is 0 Å². The van der Waals surface area contributed by atoms with Gasteiger partial charge in [0.25, 0.3) is 0 Å². The second-order valence-corrected chi connectivity index (χ2v) is 5.55. The van der Waals surface area contributed by atoms with Gasteiger partial charge < -0.3 is 19.9 Å². The van der Waals surface area contributed by atoms with Crippen LogP contribution in [0.25, 0.3) is 0 Å². The normalized spacial score (nSPS) is 11.8. The van der Waals surface area contributed by atoms with Crippen LogP contribution in [0.3, 0.4) is 0 Å². The van der Waals surface area contributed by atoms with Crippen molar-refractivity contribution in [2.24, 2.45) is 0 Å². The fourth-order valence-corrected chi connectivity index (χ4v) is 2.48. The molecular weight excluding hydrogens is 334 g/mol. The molecule has 0 bridgehead atoms. The number of phenols is 1. The van der Waals surface area contributed by atoms with Crippen molar-refractivity contribution in [3.63, 3.8) is 0 Å². The van der Waals surface area contributed by atoms with Crippen molar-refractivity contribution in [2.75, 3.05) is 19.5 Å². The molecule has 112 valence electrons. The summed E-state index contributed by atoms with van der Waals surface area (Å²) in [5.41, 5.74) is 1.65. The lowest BCUT2D eigenvalue weighted by Crippen LogP contribution is -2.08. The Morgan fingerprint density at radius 3 is 2.48 bits per heavy atom. The molecule has 0 spiro atoms. The number of methoxy groups -OCH3 is 2. The van der Waals surface area contributed by atoms with E-state index in [-0.39, 0.29) is 11.8 Å².